The Morgan fingerprint density at radius 3 is 2.71 bits per heavy atom. The predicted octanol–water partition coefficient (Wildman–Crippen LogP) is 3.32. The van der Waals surface area contributed by atoms with Crippen molar-refractivity contribution in [1.82, 2.24) is 35.0 Å². The monoisotopic (exact) mass is 410 g/mol. The molecule has 0 spiro atoms. The van der Waals surface area contributed by atoms with Crippen LogP contribution in [0.2, 0.25) is 0 Å². The van der Waals surface area contributed by atoms with Gasteiger partial charge in [0.25, 0.3) is 0 Å². The summed E-state index contributed by atoms with van der Waals surface area (Å²) in [6, 6.07) is 12.1. The zero-order chi connectivity index (χ0) is 20.8. The maximum atomic E-state index is 4.89. The van der Waals surface area contributed by atoms with Crippen LogP contribution in [0, 0.1) is 0 Å². The van der Waals surface area contributed by atoms with Crippen LogP contribution in [0.25, 0.3) is 44.6 Å². The number of fused-ring (bicyclic) bond motifs is 2. The normalized spacial score (nSPS) is 15.2. The highest BCUT2D eigenvalue weighted by atomic mass is 15.3. The van der Waals surface area contributed by atoms with E-state index in [0.29, 0.717) is 0 Å². The molecule has 0 atom stereocenters. The maximum absolute atomic E-state index is 4.89. The van der Waals surface area contributed by atoms with Gasteiger partial charge in [0, 0.05) is 55.7 Å². The Balaban J connectivity index is 1.44. The number of nitrogens with zero attached hydrogens (tertiary/aromatic N) is 6. The molecular weight excluding hydrogens is 388 g/mol. The minimum absolute atomic E-state index is 0.807. The van der Waals surface area contributed by atoms with Crippen LogP contribution in [0.5, 0.6) is 0 Å². The fraction of sp³-hybridized carbons (Fsp3) is 0.217. The molecule has 2 N–H and O–H groups in total. The highest BCUT2D eigenvalue weighted by molar-refractivity contribution is 5.98. The third-order valence-electron chi connectivity index (χ3n) is 5.95. The second-order valence-corrected chi connectivity index (χ2v) is 7.98. The molecule has 5 aromatic rings. The fourth-order valence-electron chi connectivity index (χ4n) is 4.20. The van der Waals surface area contributed by atoms with E-state index in [4.69, 9.17) is 9.97 Å². The largest absolute Gasteiger partial charge is 0.353 e. The van der Waals surface area contributed by atoms with Gasteiger partial charge < -0.3 is 14.8 Å². The molecule has 1 aliphatic rings. The molecule has 0 saturated carbocycles. The number of likely N-dealkylation sites (N-methyl/N-ethyl adjacent to an activating group) is 1. The lowest BCUT2D eigenvalue weighted by molar-refractivity contribution is 0.312. The van der Waals surface area contributed by atoms with E-state index in [1.54, 1.807) is 6.20 Å². The van der Waals surface area contributed by atoms with E-state index < -0.39 is 0 Å². The lowest BCUT2D eigenvalue weighted by atomic mass is 10.1. The number of pyridine rings is 3. The first kappa shape index (κ1) is 18.0. The summed E-state index contributed by atoms with van der Waals surface area (Å²) in [5, 5.41) is 8.80. The molecule has 6 rings (SSSR count). The minimum atomic E-state index is 0.807. The van der Waals surface area contributed by atoms with Crippen molar-refractivity contribution in [2.45, 2.75) is 0 Å². The fourth-order valence-corrected chi connectivity index (χ4v) is 4.20. The Bertz CT molecular complexity index is 1360. The number of aromatic nitrogens is 6. The van der Waals surface area contributed by atoms with Crippen LogP contribution in [-0.2, 0) is 0 Å². The molecule has 8 heteroatoms. The van der Waals surface area contributed by atoms with Crippen LogP contribution < -0.4 is 4.90 Å². The molecule has 6 heterocycles. The molecule has 0 radical (unpaired) electrons. The predicted molar refractivity (Wildman–Crippen MR) is 122 cm³/mol. The molecule has 1 fully saturated rings. The van der Waals surface area contributed by atoms with E-state index in [0.717, 1.165) is 76.6 Å². The van der Waals surface area contributed by atoms with Crippen molar-refractivity contribution in [3.63, 3.8) is 0 Å². The molecule has 0 aliphatic carbocycles. The van der Waals surface area contributed by atoms with E-state index in [2.05, 4.69) is 43.1 Å². The van der Waals surface area contributed by atoms with Crippen LogP contribution in [0.1, 0.15) is 0 Å². The van der Waals surface area contributed by atoms with Gasteiger partial charge in [-0.1, -0.05) is 0 Å². The summed E-state index contributed by atoms with van der Waals surface area (Å²) < 4.78 is 0. The number of piperazine rings is 1. The van der Waals surface area contributed by atoms with Crippen LogP contribution in [-0.4, -0.2) is 68.3 Å². The van der Waals surface area contributed by atoms with Gasteiger partial charge in [-0.15, -0.1) is 0 Å². The van der Waals surface area contributed by atoms with Crippen molar-refractivity contribution in [3.8, 4) is 22.6 Å². The Hall–Kier alpha value is -3.78. The van der Waals surface area contributed by atoms with Crippen molar-refractivity contribution in [2.24, 2.45) is 0 Å². The number of aromatic amines is 2. The molecule has 31 heavy (non-hydrogen) atoms. The lowest BCUT2D eigenvalue weighted by Gasteiger charge is -2.33. The van der Waals surface area contributed by atoms with E-state index in [9.17, 15) is 0 Å². The van der Waals surface area contributed by atoms with Gasteiger partial charge in [0.05, 0.1) is 22.4 Å². The summed E-state index contributed by atoms with van der Waals surface area (Å²) in [6.45, 7) is 4.04. The van der Waals surface area contributed by atoms with Gasteiger partial charge in [-0.25, -0.2) is 9.97 Å². The van der Waals surface area contributed by atoms with E-state index in [1.165, 1.54) is 0 Å². The molecule has 0 bridgehead atoms. The molecule has 0 amide bonds. The van der Waals surface area contributed by atoms with E-state index >= 15 is 0 Å². The van der Waals surface area contributed by atoms with Crippen molar-refractivity contribution in [2.75, 3.05) is 38.1 Å². The zero-order valence-corrected chi connectivity index (χ0v) is 17.2. The lowest BCUT2D eigenvalue weighted by Crippen LogP contribution is -2.44. The van der Waals surface area contributed by atoms with Crippen molar-refractivity contribution in [3.05, 3.63) is 55.0 Å². The Kier molecular flexibility index (Phi) is 4.17. The molecule has 1 saturated heterocycles. The highest BCUT2D eigenvalue weighted by Gasteiger charge is 2.20. The van der Waals surface area contributed by atoms with Gasteiger partial charge >= 0.3 is 0 Å². The summed E-state index contributed by atoms with van der Waals surface area (Å²) in [7, 11) is 2.16. The summed E-state index contributed by atoms with van der Waals surface area (Å²) in [6.07, 6.45) is 5.46. The van der Waals surface area contributed by atoms with Crippen molar-refractivity contribution >= 4 is 27.8 Å². The molecule has 1 aliphatic heterocycles. The summed E-state index contributed by atoms with van der Waals surface area (Å²) >= 11 is 0. The number of H-pyrrole nitrogens is 2. The van der Waals surface area contributed by atoms with Gasteiger partial charge in [-0.3, -0.25) is 10.1 Å². The smallest absolute Gasteiger partial charge is 0.138 e. The van der Waals surface area contributed by atoms with Crippen molar-refractivity contribution in [1.29, 1.82) is 0 Å². The Morgan fingerprint density at radius 1 is 0.968 bits per heavy atom. The van der Waals surface area contributed by atoms with Gasteiger partial charge in [-0.2, -0.15) is 5.10 Å². The minimum Gasteiger partial charge on any atom is -0.353 e. The van der Waals surface area contributed by atoms with E-state index in [1.807, 2.05) is 42.7 Å². The number of hydrogen-bond donors (Lipinski definition) is 2. The Morgan fingerprint density at radius 2 is 1.87 bits per heavy atom. The third kappa shape index (κ3) is 3.12. The Labute approximate surface area is 179 Å². The van der Waals surface area contributed by atoms with Gasteiger partial charge in [0.2, 0.25) is 0 Å². The topological polar surface area (TPSA) is 89.6 Å². The maximum Gasteiger partial charge on any atom is 0.138 e. The standard InChI is InChI=1S/C23H22N8/c1-30-9-11-31(12-10-30)23-16-13-20(26-18(16)6-8-25-23)22-21-19(28-29-22)5-4-17(27-21)15-3-2-7-24-14-15/h2-8,13-14,26H,9-12H2,1H3,(H,28,29). The van der Waals surface area contributed by atoms with E-state index in [-0.39, 0.29) is 0 Å². The summed E-state index contributed by atoms with van der Waals surface area (Å²) in [4.78, 5) is 22.0. The molecule has 0 unspecified atom stereocenters. The summed E-state index contributed by atoms with van der Waals surface area (Å²) in [5.41, 5.74) is 6.38. The first-order chi connectivity index (χ1) is 15.3. The second-order valence-electron chi connectivity index (χ2n) is 7.98. The first-order valence-electron chi connectivity index (χ1n) is 10.4. The van der Waals surface area contributed by atoms with Crippen LogP contribution in [0.15, 0.2) is 55.0 Å². The second kappa shape index (κ2) is 7.17. The van der Waals surface area contributed by atoms with Crippen molar-refractivity contribution < 1.29 is 0 Å². The van der Waals surface area contributed by atoms with Gasteiger partial charge in [0.1, 0.15) is 17.0 Å². The van der Waals surface area contributed by atoms with Gasteiger partial charge in [-0.05, 0) is 43.4 Å². The third-order valence-corrected chi connectivity index (χ3v) is 5.95. The molecule has 8 nitrogen and oxygen atoms in total. The number of anilines is 1. The first-order valence-corrected chi connectivity index (χ1v) is 10.4. The average Bonchev–Trinajstić information content (AvgIpc) is 3.43. The van der Waals surface area contributed by atoms with Crippen LogP contribution in [0.4, 0.5) is 5.82 Å². The SMILES string of the molecule is CN1CCN(c2nccc3[nH]c(-c4n[nH]c5ccc(-c6cccnc6)nc45)cc23)CC1. The molecular formula is C23H22N8. The summed E-state index contributed by atoms with van der Waals surface area (Å²) in [5.74, 6) is 1.02. The average molecular weight is 410 g/mol. The number of hydrogen-bond acceptors (Lipinski definition) is 6. The molecule has 5 aromatic heterocycles. The number of nitrogens with one attached hydrogen (secondary N) is 2. The highest BCUT2D eigenvalue weighted by Crippen LogP contribution is 2.32. The zero-order valence-electron chi connectivity index (χ0n) is 17.2. The van der Waals surface area contributed by atoms with Gasteiger partial charge in [0.15, 0.2) is 0 Å². The van der Waals surface area contributed by atoms with Crippen LogP contribution >= 0.6 is 0 Å². The number of rotatable bonds is 3. The van der Waals surface area contributed by atoms with Crippen LogP contribution in [0.3, 0.4) is 0 Å². The quantitative estimate of drug-likeness (QED) is 0.474. The molecule has 154 valence electrons. The molecule has 0 aromatic carbocycles.